The Kier molecular flexibility index (Phi) is 4.58. The zero-order valence-electron chi connectivity index (χ0n) is 10.5. The summed E-state index contributed by atoms with van der Waals surface area (Å²) in [5.41, 5.74) is 1.13. The van der Waals surface area contributed by atoms with Gasteiger partial charge in [-0.2, -0.15) is 0 Å². The van der Waals surface area contributed by atoms with Gasteiger partial charge in [-0.3, -0.25) is 4.79 Å². The van der Waals surface area contributed by atoms with Gasteiger partial charge in [-0.15, -0.1) is 11.8 Å². The number of carbonyl (C=O) groups is 1. The van der Waals surface area contributed by atoms with Crippen molar-refractivity contribution >= 4 is 23.4 Å². The lowest BCUT2D eigenvalue weighted by molar-refractivity contribution is -0.115. The van der Waals surface area contributed by atoms with Gasteiger partial charge in [0.2, 0.25) is 5.91 Å². The average Bonchev–Trinajstić information content (AvgIpc) is 2.41. The van der Waals surface area contributed by atoms with Crippen molar-refractivity contribution in [3.63, 3.8) is 0 Å². The van der Waals surface area contributed by atoms with Crippen LogP contribution in [-0.4, -0.2) is 12.2 Å². The molecule has 0 radical (unpaired) electrons. The Morgan fingerprint density at radius 1 is 1.21 bits per heavy atom. The first-order chi connectivity index (χ1) is 9.19. The molecule has 2 aromatic rings. The van der Waals surface area contributed by atoms with E-state index in [1.165, 1.54) is 6.07 Å². The normalized spacial score (nSPS) is 10.2. The van der Waals surface area contributed by atoms with Crippen LogP contribution in [0.2, 0.25) is 0 Å². The summed E-state index contributed by atoms with van der Waals surface area (Å²) < 4.78 is 13.4. The lowest BCUT2D eigenvalue weighted by atomic mass is 10.1. The van der Waals surface area contributed by atoms with Crippen LogP contribution in [0.3, 0.4) is 0 Å². The van der Waals surface area contributed by atoms with E-state index in [2.05, 4.69) is 5.32 Å². The first-order valence-corrected chi connectivity index (χ1v) is 7.09. The highest BCUT2D eigenvalue weighted by molar-refractivity contribution is 7.98. The van der Waals surface area contributed by atoms with Crippen molar-refractivity contribution in [1.29, 1.82) is 0 Å². The lowest BCUT2D eigenvalue weighted by Gasteiger charge is -2.07. The van der Waals surface area contributed by atoms with E-state index in [0.717, 1.165) is 10.6 Å². The second kappa shape index (κ2) is 6.38. The number of anilines is 1. The molecule has 1 N–H and O–H groups in total. The van der Waals surface area contributed by atoms with Gasteiger partial charge >= 0.3 is 0 Å². The average molecular weight is 275 g/mol. The molecule has 0 aliphatic carbocycles. The summed E-state index contributed by atoms with van der Waals surface area (Å²) in [6, 6.07) is 13.9. The molecule has 4 heteroatoms. The molecule has 0 atom stereocenters. The summed E-state index contributed by atoms with van der Waals surface area (Å²) in [4.78, 5) is 12.9. The first-order valence-electron chi connectivity index (χ1n) is 5.86. The van der Waals surface area contributed by atoms with Crippen molar-refractivity contribution < 1.29 is 9.18 Å². The molecular formula is C15H14FNOS. The third-order valence-corrected chi connectivity index (χ3v) is 3.39. The smallest absolute Gasteiger partial charge is 0.228 e. The highest BCUT2D eigenvalue weighted by Gasteiger charge is 2.08. The van der Waals surface area contributed by atoms with Crippen LogP contribution in [0.25, 0.3) is 0 Å². The molecule has 0 aliphatic rings. The predicted octanol–water partition coefficient (Wildman–Crippen LogP) is 3.73. The SMILES string of the molecule is CSc1cccc(NC(=O)Cc2ccccc2F)c1. The third kappa shape index (κ3) is 3.83. The van der Waals surface area contributed by atoms with Gasteiger partial charge < -0.3 is 5.32 Å². The van der Waals surface area contributed by atoms with Crippen LogP contribution in [0.15, 0.2) is 53.4 Å². The summed E-state index contributed by atoms with van der Waals surface area (Å²) in [6.07, 6.45) is 2.01. The first kappa shape index (κ1) is 13.6. The second-order valence-corrected chi connectivity index (χ2v) is 4.93. The number of nitrogens with one attached hydrogen (secondary N) is 1. The topological polar surface area (TPSA) is 29.1 Å². The van der Waals surface area contributed by atoms with Crippen LogP contribution in [0.4, 0.5) is 10.1 Å². The fraction of sp³-hybridized carbons (Fsp3) is 0.133. The number of thioether (sulfide) groups is 1. The fourth-order valence-electron chi connectivity index (χ4n) is 1.72. The van der Waals surface area contributed by atoms with Gasteiger partial charge in [0, 0.05) is 10.6 Å². The standard InChI is InChI=1S/C15H14FNOS/c1-19-13-7-4-6-12(10-13)17-15(18)9-11-5-2-3-8-14(11)16/h2-8,10H,9H2,1H3,(H,17,18). The van der Waals surface area contributed by atoms with Crippen molar-refractivity contribution in [1.82, 2.24) is 0 Å². The van der Waals surface area contributed by atoms with Crippen LogP contribution in [0.1, 0.15) is 5.56 Å². The minimum Gasteiger partial charge on any atom is -0.326 e. The highest BCUT2D eigenvalue weighted by Crippen LogP contribution is 2.19. The minimum atomic E-state index is -0.351. The molecule has 0 saturated carbocycles. The number of carbonyl (C=O) groups excluding carboxylic acids is 1. The molecule has 1 amide bonds. The molecule has 0 aliphatic heterocycles. The van der Waals surface area contributed by atoms with E-state index in [1.807, 2.05) is 30.5 Å². The fourth-order valence-corrected chi connectivity index (χ4v) is 2.18. The molecule has 19 heavy (non-hydrogen) atoms. The van der Waals surface area contributed by atoms with E-state index in [1.54, 1.807) is 30.0 Å². The van der Waals surface area contributed by atoms with E-state index in [9.17, 15) is 9.18 Å². The summed E-state index contributed by atoms with van der Waals surface area (Å²) >= 11 is 1.61. The van der Waals surface area contributed by atoms with Gasteiger partial charge in [0.25, 0.3) is 0 Å². The number of amides is 1. The van der Waals surface area contributed by atoms with Crippen LogP contribution >= 0.6 is 11.8 Å². The maximum absolute atomic E-state index is 13.4. The summed E-state index contributed by atoms with van der Waals surface area (Å²) in [6.45, 7) is 0. The third-order valence-electron chi connectivity index (χ3n) is 2.66. The van der Waals surface area contributed by atoms with E-state index in [4.69, 9.17) is 0 Å². The van der Waals surface area contributed by atoms with Crippen LogP contribution in [0.5, 0.6) is 0 Å². The molecule has 98 valence electrons. The molecule has 0 saturated heterocycles. The number of hydrogen-bond acceptors (Lipinski definition) is 2. The molecule has 0 spiro atoms. The highest BCUT2D eigenvalue weighted by atomic mass is 32.2. The zero-order chi connectivity index (χ0) is 13.7. The summed E-state index contributed by atoms with van der Waals surface area (Å²) in [7, 11) is 0. The minimum absolute atomic E-state index is 0.0379. The maximum atomic E-state index is 13.4. The quantitative estimate of drug-likeness (QED) is 0.861. The van der Waals surface area contributed by atoms with Gasteiger partial charge in [0.15, 0.2) is 0 Å². The Balaban J connectivity index is 2.03. The van der Waals surface area contributed by atoms with Crippen molar-refractivity contribution in [2.75, 3.05) is 11.6 Å². The molecule has 2 rings (SSSR count). The Labute approximate surface area is 116 Å². The largest absolute Gasteiger partial charge is 0.326 e. The molecule has 0 aromatic heterocycles. The van der Waals surface area contributed by atoms with E-state index in [0.29, 0.717) is 5.56 Å². The van der Waals surface area contributed by atoms with Crippen LogP contribution in [0, 0.1) is 5.82 Å². The van der Waals surface area contributed by atoms with Crippen molar-refractivity contribution in [2.45, 2.75) is 11.3 Å². The van der Waals surface area contributed by atoms with E-state index in [-0.39, 0.29) is 18.1 Å². The van der Waals surface area contributed by atoms with Gasteiger partial charge in [-0.05, 0) is 36.1 Å². The predicted molar refractivity (Wildman–Crippen MR) is 77.0 cm³/mol. The summed E-state index contributed by atoms with van der Waals surface area (Å²) in [5, 5.41) is 2.77. The van der Waals surface area contributed by atoms with Gasteiger partial charge in [0.05, 0.1) is 6.42 Å². The lowest BCUT2D eigenvalue weighted by Crippen LogP contribution is -2.15. The summed E-state index contributed by atoms with van der Waals surface area (Å²) in [5.74, 6) is -0.570. The molecule has 2 nitrogen and oxygen atoms in total. The van der Waals surface area contributed by atoms with Crippen LogP contribution in [-0.2, 0) is 11.2 Å². The second-order valence-electron chi connectivity index (χ2n) is 4.05. The van der Waals surface area contributed by atoms with Crippen molar-refractivity contribution in [2.24, 2.45) is 0 Å². The molecule has 0 heterocycles. The molecule has 0 unspecified atom stereocenters. The Morgan fingerprint density at radius 2 is 2.00 bits per heavy atom. The van der Waals surface area contributed by atoms with Gasteiger partial charge in [0.1, 0.15) is 5.82 Å². The maximum Gasteiger partial charge on any atom is 0.228 e. The van der Waals surface area contributed by atoms with E-state index < -0.39 is 0 Å². The number of benzene rings is 2. The van der Waals surface area contributed by atoms with Gasteiger partial charge in [-0.25, -0.2) is 4.39 Å². The molecule has 2 aromatic carbocycles. The Bertz CT molecular complexity index is 586. The molecular weight excluding hydrogens is 261 g/mol. The Hall–Kier alpha value is -1.81. The van der Waals surface area contributed by atoms with Crippen molar-refractivity contribution in [3.8, 4) is 0 Å². The molecule has 0 fully saturated rings. The number of halogens is 1. The van der Waals surface area contributed by atoms with Crippen LogP contribution < -0.4 is 5.32 Å². The monoisotopic (exact) mass is 275 g/mol. The Morgan fingerprint density at radius 3 is 2.74 bits per heavy atom. The number of rotatable bonds is 4. The molecule has 0 bridgehead atoms. The van der Waals surface area contributed by atoms with Gasteiger partial charge in [-0.1, -0.05) is 24.3 Å². The van der Waals surface area contributed by atoms with Crippen molar-refractivity contribution in [3.05, 3.63) is 59.9 Å². The van der Waals surface area contributed by atoms with E-state index >= 15 is 0 Å². The zero-order valence-corrected chi connectivity index (χ0v) is 11.3. The number of hydrogen-bond donors (Lipinski definition) is 1.